The number of benzene rings is 2. The zero-order valence-electron chi connectivity index (χ0n) is 16.4. The number of hydrogen-bond donors (Lipinski definition) is 2. The quantitative estimate of drug-likeness (QED) is 0.593. The highest BCUT2D eigenvalue weighted by Gasteiger charge is 2.22. The highest BCUT2D eigenvalue weighted by molar-refractivity contribution is 7.89. The van der Waals surface area contributed by atoms with Crippen molar-refractivity contribution in [1.29, 1.82) is 0 Å². The molecule has 0 radical (unpaired) electrons. The Bertz CT molecular complexity index is 1060. The molecule has 0 saturated heterocycles. The third kappa shape index (κ3) is 5.52. The number of imidazole rings is 1. The summed E-state index contributed by atoms with van der Waals surface area (Å²) in [5, 5.41) is 2.81. The molecule has 1 aromatic heterocycles. The molecule has 29 heavy (non-hydrogen) atoms. The van der Waals surface area contributed by atoms with E-state index in [-0.39, 0.29) is 4.90 Å². The number of nitrogens with zero attached hydrogens (tertiary/aromatic N) is 2. The molecule has 1 heterocycles. The molecule has 0 aliphatic heterocycles. The lowest BCUT2D eigenvalue weighted by Gasteiger charge is -2.16. The first-order valence-electron chi connectivity index (χ1n) is 9.24. The first kappa shape index (κ1) is 20.8. The van der Waals surface area contributed by atoms with Gasteiger partial charge in [0.2, 0.25) is 15.9 Å². The van der Waals surface area contributed by atoms with E-state index in [4.69, 9.17) is 0 Å². The number of carbonyl (C=O) groups excluding carboxylic acids is 1. The second-order valence-corrected chi connectivity index (χ2v) is 8.59. The molecule has 2 N–H and O–H groups in total. The minimum Gasteiger partial charge on any atom is -0.351 e. The second-order valence-electron chi connectivity index (χ2n) is 6.88. The predicted octanol–water partition coefficient (Wildman–Crippen LogP) is 2.22. The van der Waals surface area contributed by atoms with Crippen LogP contribution in [-0.4, -0.2) is 29.9 Å². The number of carbonyl (C=O) groups is 1. The molecular formula is C21H24N4O3S. The standard InChI is InChI=1S/C21H24N4O3S/c1-16-7-9-20(10-8-16)29(27,28)24-17(2)21(26)23-13-18-5-3-4-6-19(18)14-25-12-11-22-15-25/h3-12,15,17,24H,13-14H2,1-2H3,(H,23,26)/t17-/m1/s1. The van der Waals surface area contributed by atoms with Crippen molar-refractivity contribution in [2.45, 2.75) is 37.9 Å². The number of aryl methyl sites for hydroxylation is 1. The molecule has 0 fully saturated rings. The van der Waals surface area contributed by atoms with Crippen LogP contribution >= 0.6 is 0 Å². The Balaban J connectivity index is 1.61. The molecule has 0 spiro atoms. The van der Waals surface area contributed by atoms with E-state index in [1.165, 1.54) is 19.1 Å². The van der Waals surface area contributed by atoms with E-state index in [1.54, 1.807) is 24.7 Å². The lowest BCUT2D eigenvalue weighted by molar-refractivity contribution is -0.122. The third-order valence-corrected chi connectivity index (χ3v) is 6.10. The Morgan fingerprint density at radius 1 is 1.10 bits per heavy atom. The summed E-state index contributed by atoms with van der Waals surface area (Å²) in [6.45, 7) is 4.35. The molecule has 0 saturated carbocycles. The molecule has 8 heteroatoms. The van der Waals surface area contributed by atoms with E-state index in [0.29, 0.717) is 13.1 Å². The second kappa shape index (κ2) is 9.02. The van der Waals surface area contributed by atoms with Crippen LogP contribution in [0.15, 0.2) is 72.1 Å². The Morgan fingerprint density at radius 3 is 2.45 bits per heavy atom. The van der Waals surface area contributed by atoms with E-state index >= 15 is 0 Å². The first-order valence-corrected chi connectivity index (χ1v) is 10.7. The van der Waals surface area contributed by atoms with Gasteiger partial charge in [0.05, 0.1) is 17.3 Å². The van der Waals surface area contributed by atoms with Gasteiger partial charge < -0.3 is 9.88 Å². The monoisotopic (exact) mass is 412 g/mol. The summed E-state index contributed by atoms with van der Waals surface area (Å²) in [4.78, 5) is 16.6. The van der Waals surface area contributed by atoms with Crippen molar-refractivity contribution >= 4 is 15.9 Å². The molecule has 0 bridgehead atoms. The largest absolute Gasteiger partial charge is 0.351 e. The molecule has 1 amide bonds. The summed E-state index contributed by atoms with van der Waals surface area (Å²) >= 11 is 0. The van der Waals surface area contributed by atoms with Gasteiger partial charge in [0.1, 0.15) is 0 Å². The van der Waals surface area contributed by atoms with Crippen LogP contribution in [0.25, 0.3) is 0 Å². The zero-order valence-corrected chi connectivity index (χ0v) is 17.2. The smallest absolute Gasteiger partial charge is 0.241 e. The van der Waals surface area contributed by atoms with E-state index in [0.717, 1.165) is 16.7 Å². The first-order chi connectivity index (χ1) is 13.8. The van der Waals surface area contributed by atoms with Gasteiger partial charge in [-0.2, -0.15) is 4.72 Å². The van der Waals surface area contributed by atoms with Crippen molar-refractivity contribution < 1.29 is 13.2 Å². The summed E-state index contributed by atoms with van der Waals surface area (Å²) < 4.78 is 29.3. The van der Waals surface area contributed by atoms with Crippen LogP contribution in [0.1, 0.15) is 23.6 Å². The van der Waals surface area contributed by atoms with Crippen molar-refractivity contribution in [3.05, 3.63) is 83.9 Å². The van der Waals surface area contributed by atoms with Gasteiger partial charge in [-0.05, 0) is 37.1 Å². The van der Waals surface area contributed by atoms with Crippen molar-refractivity contribution in [3.63, 3.8) is 0 Å². The molecule has 2 aromatic carbocycles. The number of sulfonamides is 1. The maximum atomic E-state index is 12.5. The SMILES string of the molecule is Cc1ccc(S(=O)(=O)N[C@H](C)C(=O)NCc2ccccc2Cn2ccnc2)cc1. The highest BCUT2D eigenvalue weighted by atomic mass is 32.2. The average Bonchev–Trinajstić information content (AvgIpc) is 3.20. The van der Waals surface area contributed by atoms with Gasteiger partial charge in [0.25, 0.3) is 0 Å². The van der Waals surface area contributed by atoms with Gasteiger partial charge >= 0.3 is 0 Å². The fraction of sp³-hybridized carbons (Fsp3) is 0.238. The Kier molecular flexibility index (Phi) is 6.46. The van der Waals surface area contributed by atoms with Crippen LogP contribution < -0.4 is 10.0 Å². The molecule has 1 atom stereocenters. The van der Waals surface area contributed by atoms with Gasteiger partial charge in [-0.1, -0.05) is 42.0 Å². The normalized spacial score (nSPS) is 12.5. The molecular weight excluding hydrogens is 388 g/mol. The van der Waals surface area contributed by atoms with Crippen LogP contribution in [-0.2, 0) is 27.9 Å². The van der Waals surface area contributed by atoms with Gasteiger partial charge in [-0.25, -0.2) is 13.4 Å². The molecule has 152 valence electrons. The number of hydrogen-bond acceptors (Lipinski definition) is 4. The number of rotatable bonds is 8. The van der Waals surface area contributed by atoms with Gasteiger partial charge in [0.15, 0.2) is 0 Å². The van der Waals surface area contributed by atoms with Crippen molar-refractivity contribution in [1.82, 2.24) is 19.6 Å². The molecule has 0 aliphatic rings. The zero-order chi connectivity index (χ0) is 20.9. The van der Waals surface area contributed by atoms with Crippen LogP contribution in [0.3, 0.4) is 0 Å². The van der Waals surface area contributed by atoms with Crippen LogP contribution in [0, 0.1) is 6.92 Å². The number of aromatic nitrogens is 2. The van der Waals surface area contributed by atoms with E-state index in [2.05, 4.69) is 15.0 Å². The summed E-state index contributed by atoms with van der Waals surface area (Å²) in [6.07, 6.45) is 5.32. The topological polar surface area (TPSA) is 93.1 Å². The Hall–Kier alpha value is -2.97. The fourth-order valence-corrected chi connectivity index (χ4v) is 4.07. The van der Waals surface area contributed by atoms with Crippen molar-refractivity contribution in [3.8, 4) is 0 Å². The van der Waals surface area contributed by atoms with Gasteiger partial charge in [-0.3, -0.25) is 4.79 Å². The Labute approximate surface area is 170 Å². The highest BCUT2D eigenvalue weighted by Crippen LogP contribution is 2.12. The van der Waals surface area contributed by atoms with E-state index in [1.807, 2.05) is 42.0 Å². The van der Waals surface area contributed by atoms with E-state index < -0.39 is 22.0 Å². The fourth-order valence-electron chi connectivity index (χ4n) is 2.87. The molecule has 3 rings (SSSR count). The molecule has 7 nitrogen and oxygen atoms in total. The third-order valence-electron chi connectivity index (χ3n) is 4.54. The summed E-state index contributed by atoms with van der Waals surface area (Å²) in [7, 11) is -3.77. The van der Waals surface area contributed by atoms with Gasteiger partial charge in [-0.15, -0.1) is 0 Å². The average molecular weight is 413 g/mol. The summed E-state index contributed by atoms with van der Waals surface area (Å²) in [5.74, 6) is -0.391. The van der Waals surface area contributed by atoms with E-state index in [9.17, 15) is 13.2 Å². The van der Waals surface area contributed by atoms with Crippen molar-refractivity contribution in [2.75, 3.05) is 0 Å². The number of nitrogens with one attached hydrogen (secondary N) is 2. The van der Waals surface area contributed by atoms with Crippen molar-refractivity contribution in [2.24, 2.45) is 0 Å². The summed E-state index contributed by atoms with van der Waals surface area (Å²) in [6, 6.07) is 13.4. The molecule has 0 unspecified atom stereocenters. The summed E-state index contributed by atoms with van der Waals surface area (Å²) in [5.41, 5.74) is 2.98. The van der Waals surface area contributed by atoms with Crippen LogP contribution in [0.4, 0.5) is 0 Å². The lowest BCUT2D eigenvalue weighted by Crippen LogP contribution is -2.44. The molecule has 0 aliphatic carbocycles. The number of amides is 1. The van der Waals surface area contributed by atoms with Crippen LogP contribution in [0.2, 0.25) is 0 Å². The lowest BCUT2D eigenvalue weighted by atomic mass is 10.1. The Morgan fingerprint density at radius 2 is 1.79 bits per heavy atom. The minimum atomic E-state index is -3.77. The maximum Gasteiger partial charge on any atom is 0.241 e. The van der Waals surface area contributed by atoms with Gasteiger partial charge in [0, 0.05) is 25.5 Å². The minimum absolute atomic E-state index is 0.133. The molecule has 3 aromatic rings. The van der Waals surface area contributed by atoms with Crippen LogP contribution in [0.5, 0.6) is 0 Å². The maximum absolute atomic E-state index is 12.5. The predicted molar refractivity (Wildman–Crippen MR) is 111 cm³/mol.